The summed E-state index contributed by atoms with van der Waals surface area (Å²) in [5, 5.41) is 2.90. The number of para-hydroxylation sites is 1. The van der Waals surface area contributed by atoms with Gasteiger partial charge in [0, 0.05) is 11.7 Å². The molecule has 1 aliphatic carbocycles. The van der Waals surface area contributed by atoms with Gasteiger partial charge in [0.2, 0.25) is 5.91 Å². The number of carbonyl (C=O) groups excluding carboxylic acids is 3. The van der Waals surface area contributed by atoms with E-state index >= 15 is 0 Å². The van der Waals surface area contributed by atoms with Gasteiger partial charge in [-0.05, 0) is 44.7 Å². The third kappa shape index (κ3) is 3.08. The fourth-order valence-electron chi connectivity index (χ4n) is 4.17. The van der Waals surface area contributed by atoms with E-state index in [0.717, 1.165) is 29.8 Å². The number of imide groups is 1. The van der Waals surface area contributed by atoms with E-state index in [1.165, 1.54) is 0 Å². The Labute approximate surface area is 154 Å². The molecule has 0 unspecified atom stereocenters. The standard InChI is InChI=1S/C20H27N3O3/c1-14(2)23(16-10-5-4-6-11-16)17(24)13-22-18(25)20(21-19(22)26)12-8-7-9-15(20)3/h4-6,10-11,14-15H,7-9,12-13H2,1-3H3,(H,21,26)/t15-,20+/m1/s1. The molecule has 3 rings (SSSR count). The van der Waals surface area contributed by atoms with Gasteiger partial charge in [-0.1, -0.05) is 38.0 Å². The molecule has 1 N–H and O–H groups in total. The van der Waals surface area contributed by atoms with Gasteiger partial charge in [-0.15, -0.1) is 0 Å². The van der Waals surface area contributed by atoms with Crippen molar-refractivity contribution in [1.29, 1.82) is 0 Å². The lowest BCUT2D eigenvalue weighted by Crippen LogP contribution is -2.54. The highest BCUT2D eigenvalue weighted by molar-refractivity contribution is 6.10. The van der Waals surface area contributed by atoms with Gasteiger partial charge in [-0.25, -0.2) is 4.79 Å². The van der Waals surface area contributed by atoms with Crippen molar-refractivity contribution >= 4 is 23.5 Å². The molecule has 2 aliphatic rings. The second kappa shape index (κ2) is 7.09. The molecule has 6 heteroatoms. The first-order chi connectivity index (χ1) is 12.4. The summed E-state index contributed by atoms with van der Waals surface area (Å²) in [5.41, 5.74) is -0.0642. The van der Waals surface area contributed by atoms with Crippen LogP contribution in [-0.4, -0.2) is 40.9 Å². The molecule has 1 saturated heterocycles. The molecule has 2 fully saturated rings. The van der Waals surface area contributed by atoms with E-state index in [2.05, 4.69) is 5.32 Å². The Morgan fingerprint density at radius 3 is 2.58 bits per heavy atom. The molecule has 1 heterocycles. The predicted octanol–water partition coefficient (Wildman–Crippen LogP) is 2.93. The Morgan fingerprint density at radius 1 is 1.27 bits per heavy atom. The van der Waals surface area contributed by atoms with Gasteiger partial charge in [0.15, 0.2) is 0 Å². The smallest absolute Gasteiger partial charge is 0.323 e. The molecular weight excluding hydrogens is 330 g/mol. The first-order valence-electron chi connectivity index (χ1n) is 9.38. The number of rotatable bonds is 4. The van der Waals surface area contributed by atoms with E-state index < -0.39 is 11.6 Å². The van der Waals surface area contributed by atoms with Crippen LogP contribution in [0.3, 0.4) is 0 Å². The number of nitrogens with zero attached hydrogens (tertiary/aromatic N) is 2. The van der Waals surface area contributed by atoms with Crippen molar-refractivity contribution in [2.24, 2.45) is 5.92 Å². The molecule has 1 aromatic rings. The molecule has 26 heavy (non-hydrogen) atoms. The van der Waals surface area contributed by atoms with Crippen molar-refractivity contribution in [3.8, 4) is 0 Å². The first kappa shape index (κ1) is 18.4. The Morgan fingerprint density at radius 2 is 1.96 bits per heavy atom. The number of benzene rings is 1. The summed E-state index contributed by atoms with van der Waals surface area (Å²) in [6, 6.07) is 8.80. The molecule has 0 bridgehead atoms. The molecule has 1 aliphatic heterocycles. The third-order valence-corrected chi connectivity index (χ3v) is 5.61. The van der Waals surface area contributed by atoms with Crippen LogP contribution in [0, 0.1) is 5.92 Å². The van der Waals surface area contributed by atoms with Gasteiger partial charge < -0.3 is 10.2 Å². The summed E-state index contributed by atoms with van der Waals surface area (Å²) in [6.07, 6.45) is 3.55. The number of hydrogen-bond donors (Lipinski definition) is 1. The van der Waals surface area contributed by atoms with Crippen LogP contribution in [0.15, 0.2) is 30.3 Å². The van der Waals surface area contributed by atoms with Crippen molar-refractivity contribution in [2.75, 3.05) is 11.4 Å². The maximum Gasteiger partial charge on any atom is 0.325 e. The summed E-state index contributed by atoms with van der Waals surface area (Å²) < 4.78 is 0. The second-order valence-corrected chi connectivity index (χ2v) is 7.63. The Balaban J connectivity index is 1.80. The minimum Gasteiger partial charge on any atom is -0.323 e. The average Bonchev–Trinajstić information content (AvgIpc) is 2.83. The van der Waals surface area contributed by atoms with E-state index in [-0.39, 0.29) is 30.3 Å². The topological polar surface area (TPSA) is 69.7 Å². The highest BCUT2D eigenvalue weighted by Gasteiger charge is 2.55. The maximum absolute atomic E-state index is 13.0. The number of nitrogens with one attached hydrogen (secondary N) is 1. The Hall–Kier alpha value is -2.37. The first-order valence-corrected chi connectivity index (χ1v) is 9.38. The maximum atomic E-state index is 13.0. The zero-order chi connectivity index (χ0) is 18.9. The van der Waals surface area contributed by atoms with Crippen molar-refractivity contribution in [3.05, 3.63) is 30.3 Å². The SMILES string of the molecule is CC(C)N(C(=O)CN1C(=O)N[C@]2(CCCC[C@H]2C)C1=O)c1ccccc1. The van der Waals surface area contributed by atoms with Crippen LogP contribution >= 0.6 is 0 Å². The Bertz CT molecular complexity index is 704. The fourth-order valence-corrected chi connectivity index (χ4v) is 4.17. The third-order valence-electron chi connectivity index (χ3n) is 5.61. The fraction of sp³-hybridized carbons (Fsp3) is 0.550. The van der Waals surface area contributed by atoms with Crippen LogP contribution in [0.1, 0.15) is 46.5 Å². The lowest BCUT2D eigenvalue weighted by molar-refractivity contribution is -0.136. The predicted molar refractivity (Wildman–Crippen MR) is 99.7 cm³/mol. The summed E-state index contributed by atoms with van der Waals surface area (Å²) in [4.78, 5) is 41.2. The van der Waals surface area contributed by atoms with Crippen molar-refractivity contribution in [3.63, 3.8) is 0 Å². The zero-order valence-corrected chi connectivity index (χ0v) is 15.7. The number of anilines is 1. The van der Waals surface area contributed by atoms with Crippen molar-refractivity contribution < 1.29 is 14.4 Å². The van der Waals surface area contributed by atoms with Gasteiger partial charge in [0.25, 0.3) is 5.91 Å². The van der Waals surface area contributed by atoms with Gasteiger partial charge >= 0.3 is 6.03 Å². The lowest BCUT2D eigenvalue weighted by Gasteiger charge is -2.37. The average molecular weight is 357 g/mol. The minimum atomic E-state index is -0.828. The molecule has 4 amide bonds. The van der Waals surface area contributed by atoms with E-state index in [0.29, 0.717) is 6.42 Å². The molecule has 2 atom stereocenters. The molecule has 1 spiro atoms. The van der Waals surface area contributed by atoms with Gasteiger partial charge in [-0.2, -0.15) is 0 Å². The number of amides is 4. The quantitative estimate of drug-likeness (QED) is 0.843. The van der Waals surface area contributed by atoms with E-state index in [9.17, 15) is 14.4 Å². The monoisotopic (exact) mass is 357 g/mol. The van der Waals surface area contributed by atoms with Gasteiger partial charge in [-0.3, -0.25) is 14.5 Å². The molecule has 0 aromatic heterocycles. The van der Waals surface area contributed by atoms with E-state index in [4.69, 9.17) is 0 Å². The largest absolute Gasteiger partial charge is 0.325 e. The molecule has 6 nitrogen and oxygen atoms in total. The number of carbonyl (C=O) groups is 3. The molecule has 140 valence electrons. The summed E-state index contributed by atoms with van der Waals surface area (Å²) >= 11 is 0. The summed E-state index contributed by atoms with van der Waals surface area (Å²) in [7, 11) is 0. The van der Waals surface area contributed by atoms with Crippen LogP contribution < -0.4 is 10.2 Å². The van der Waals surface area contributed by atoms with Gasteiger partial charge in [0.05, 0.1) is 0 Å². The van der Waals surface area contributed by atoms with E-state index in [1.54, 1.807) is 4.90 Å². The highest BCUT2D eigenvalue weighted by Crippen LogP contribution is 2.38. The van der Waals surface area contributed by atoms with Crippen LogP contribution in [-0.2, 0) is 9.59 Å². The number of urea groups is 1. The molecular formula is C20H27N3O3. The lowest BCUT2D eigenvalue weighted by atomic mass is 9.73. The normalized spacial score (nSPS) is 25.7. The molecule has 1 aromatic carbocycles. The van der Waals surface area contributed by atoms with Crippen LogP contribution in [0.4, 0.5) is 10.5 Å². The molecule has 0 radical (unpaired) electrons. The van der Waals surface area contributed by atoms with Gasteiger partial charge in [0.1, 0.15) is 12.1 Å². The highest BCUT2D eigenvalue weighted by atomic mass is 16.2. The van der Waals surface area contributed by atoms with Crippen molar-refractivity contribution in [1.82, 2.24) is 10.2 Å². The Kier molecular flexibility index (Phi) is 5.03. The van der Waals surface area contributed by atoms with E-state index in [1.807, 2.05) is 51.1 Å². The van der Waals surface area contributed by atoms with Crippen LogP contribution in [0.5, 0.6) is 0 Å². The number of hydrogen-bond acceptors (Lipinski definition) is 3. The second-order valence-electron chi connectivity index (χ2n) is 7.63. The zero-order valence-electron chi connectivity index (χ0n) is 15.7. The summed E-state index contributed by atoms with van der Waals surface area (Å²) in [6.45, 7) is 5.61. The van der Waals surface area contributed by atoms with Crippen LogP contribution in [0.2, 0.25) is 0 Å². The van der Waals surface area contributed by atoms with Crippen LogP contribution in [0.25, 0.3) is 0 Å². The minimum absolute atomic E-state index is 0.0757. The molecule has 1 saturated carbocycles. The summed E-state index contributed by atoms with van der Waals surface area (Å²) in [5.74, 6) is -0.418. The van der Waals surface area contributed by atoms with Crippen molar-refractivity contribution in [2.45, 2.75) is 58.0 Å².